The SMILES string of the molecule is CN(C)c1ccc(C(=O)N2CCCC2CC(=O)O)cc1. The van der Waals surface area contributed by atoms with Gasteiger partial charge in [-0.1, -0.05) is 0 Å². The number of aliphatic carboxylic acids is 1. The van der Waals surface area contributed by atoms with Crippen LogP contribution in [0.3, 0.4) is 0 Å². The lowest BCUT2D eigenvalue weighted by Crippen LogP contribution is -2.36. The molecule has 5 nitrogen and oxygen atoms in total. The molecule has 1 amide bonds. The molecule has 1 saturated heterocycles. The number of hydrogen-bond acceptors (Lipinski definition) is 3. The summed E-state index contributed by atoms with van der Waals surface area (Å²) in [6, 6.07) is 7.22. The summed E-state index contributed by atoms with van der Waals surface area (Å²) in [5.41, 5.74) is 1.65. The number of amides is 1. The fourth-order valence-corrected chi connectivity index (χ4v) is 2.58. The molecule has 1 fully saturated rings. The summed E-state index contributed by atoms with van der Waals surface area (Å²) in [5.74, 6) is -0.920. The molecule has 5 heteroatoms. The largest absolute Gasteiger partial charge is 0.481 e. The van der Waals surface area contributed by atoms with Crippen LogP contribution in [0.25, 0.3) is 0 Å². The number of carbonyl (C=O) groups excluding carboxylic acids is 1. The second kappa shape index (κ2) is 5.94. The molecule has 1 unspecified atom stereocenters. The maximum atomic E-state index is 12.4. The number of carboxylic acids is 1. The van der Waals surface area contributed by atoms with Gasteiger partial charge in [-0.2, -0.15) is 0 Å². The molecule has 0 spiro atoms. The van der Waals surface area contributed by atoms with Gasteiger partial charge in [0.1, 0.15) is 0 Å². The molecule has 1 aromatic rings. The lowest BCUT2D eigenvalue weighted by molar-refractivity contribution is -0.137. The Kier molecular flexibility index (Phi) is 4.27. The van der Waals surface area contributed by atoms with Gasteiger partial charge < -0.3 is 14.9 Å². The maximum absolute atomic E-state index is 12.4. The smallest absolute Gasteiger partial charge is 0.305 e. The zero-order valence-electron chi connectivity index (χ0n) is 11.9. The summed E-state index contributed by atoms with van der Waals surface area (Å²) in [4.78, 5) is 26.9. The number of rotatable bonds is 4. The van der Waals surface area contributed by atoms with Gasteiger partial charge in [-0.05, 0) is 37.1 Å². The van der Waals surface area contributed by atoms with Crippen molar-refractivity contribution in [2.75, 3.05) is 25.5 Å². The first-order valence-electron chi connectivity index (χ1n) is 6.79. The zero-order chi connectivity index (χ0) is 14.7. The highest BCUT2D eigenvalue weighted by molar-refractivity contribution is 5.95. The Morgan fingerprint density at radius 1 is 1.30 bits per heavy atom. The molecular weight excluding hydrogens is 256 g/mol. The van der Waals surface area contributed by atoms with Crippen LogP contribution in [0.1, 0.15) is 29.6 Å². The summed E-state index contributed by atoms with van der Waals surface area (Å²) in [6.07, 6.45) is 1.68. The molecule has 1 aromatic carbocycles. The van der Waals surface area contributed by atoms with Crippen molar-refractivity contribution in [3.63, 3.8) is 0 Å². The fourth-order valence-electron chi connectivity index (χ4n) is 2.58. The Morgan fingerprint density at radius 3 is 2.50 bits per heavy atom. The van der Waals surface area contributed by atoms with Crippen molar-refractivity contribution in [1.82, 2.24) is 4.90 Å². The predicted molar refractivity (Wildman–Crippen MR) is 77.1 cm³/mol. The molecule has 20 heavy (non-hydrogen) atoms. The minimum Gasteiger partial charge on any atom is -0.481 e. The van der Waals surface area contributed by atoms with Gasteiger partial charge >= 0.3 is 5.97 Å². The third-order valence-electron chi connectivity index (χ3n) is 3.68. The molecule has 1 atom stereocenters. The van der Waals surface area contributed by atoms with Gasteiger partial charge in [0.2, 0.25) is 0 Å². The number of benzene rings is 1. The molecule has 0 aromatic heterocycles. The van der Waals surface area contributed by atoms with E-state index in [0.717, 1.165) is 18.5 Å². The van der Waals surface area contributed by atoms with Crippen LogP contribution < -0.4 is 4.90 Å². The standard InChI is InChI=1S/C15H20N2O3/c1-16(2)12-7-5-11(6-8-12)15(20)17-9-3-4-13(17)10-14(18)19/h5-8,13H,3-4,9-10H2,1-2H3,(H,18,19). The van der Waals surface area contributed by atoms with E-state index in [9.17, 15) is 9.59 Å². The van der Waals surface area contributed by atoms with E-state index >= 15 is 0 Å². The highest BCUT2D eigenvalue weighted by atomic mass is 16.4. The molecule has 0 aliphatic carbocycles. The van der Waals surface area contributed by atoms with Crippen molar-refractivity contribution >= 4 is 17.6 Å². The van der Waals surface area contributed by atoms with Gasteiger partial charge in [-0.15, -0.1) is 0 Å². The first-order chi connectivity index (χ1) is 9.49. The Hall–Kier alpha value is -2.04. The Labute approximate surface area is 118 Å². The molecule has 1 heterocycles. The molecule has 1 aliphatic rings. The Bertz CT molecular complexity index is 496. The van der Waals surface area contributed by atoms with E-state index in [-0.39, 0.29) is 18.4 Å². The zero-order valence-corrected chi connectivity index (χ0v) is 11.9. The summed E-state index contributed by atoms with van der Waals surface area (Å²) in [7, 11) is 3.89. The van der Waals surface area contributed by atoms with Gasteiger partial charge in [0.15, 0.2) is 0 Å². The second-order valence-electron chi connectivity index (χ2n) is 5.33. The normalized spacial score (nSPS) is 18.1. The Balaban J connectivity index is 2.11. The van der Waals surface area contributed by atoms with Crippen LogP contribution in [-0.2, 0) is 4.79 Å². The van der Waals surface area contributed by atoms with Crippen molar-refractivity contribution in [3.8, 4) is 0 Å². The molecule has 0 radical (unpaired) electrons. The molecule has 108 valence electrons. The lowest BCUT2D eigenvalue weighted by Gasteiger charge is -2.23. The Morgan fingerprint density at radius 2 is 1.95 bits per heavy atom. The van der Waals surface area contributed by atoms with Crippen LogP contribution in [-0.4, -0.2) is 48.6 Å². The summed E-state index contributed by atoms with van der Waals surface area (Å²) in [5, 5.41) is 8.90. The van der Waals surface area contributed by atoms with Gasteiger partial charge in [-0.25, -0.2) is 0 Å². The van der Waals surface area contributed by atoms with E-state index in [1.165, 1.54) is 0 Å². The van der Waals surface area contributed by atoms with E-state index < -0.39 is 5.97 Å². The van der Waals surface area contributed by atoms with E-state index in [1.807, 2.05) is 31.1 Å². The maximum Gasteiger partial charge on any atom is 0.305 e. The van der Waals surface area contributed by atoms with E-state index in [0.29, 0.717) is 12.1 Å². The third-order valence-corrected chi connectivity index (χ3v) is 3.68. The van der Waals surface area contributed by atoms with Gasteiger partial charge in [0.25, 0.3) is 5.91 Å². The van der Waals surface area contributed by atoms with E-state index in [4.69, 9.17) is 5.11 Å². The van der Waals surface area contributed by atoms with Crippen molar-refractivity contribution in [3.05, 3.63) is 29.8 Å². The van der Waals surface area contributed by atoms with E-state index in [2.05, 4.69) is 0 Å². The van der Waals surface area contributed by atoms with Crippen molar-refractivity contribution < 1.29 is 14.7 Å². The molecule has 1 aliphatic heterocycles. The number of anilines is 1. The average Bonchev–Trinajstić information content (AvgIpc) is 2.85. The summed E-state index contributed by atoms with van der Waals surface area (Å²) >= 11 is 0. The average molecular weight is 276 g/mol. The molecular formula is C15H20N2O3. The highest BCUT2D eigenvalue weighted by Crippen LogP contribution is 2.23. The van der Waals surface area contributed by atoms with Crippen LogP contribution in [0.4, 0.5) is 5.69 Å². The summed E-state index contributed by atoms with van der Waals surface area (Å²) < 4.78 is 0. The molecule has 0 saturated carbocycles. The fraction of sp³-hybridized carbons (Fsp3) is 0.467. The third kappa shape index (κ3) is 3.10. The second-order valence-corrected chi connectivity index (χ2v) is 5.33. The first-order valence-corrected chi connectivity index (χ1v) is 6.79. The summed E-state index contributed by atoms with van der Waals surface area (Å²) in [6.45, 7) is 0.645. The van der Waals surface area contributed by atoms with E-state index in [1.54, 1.807) is 17.0 Å². The molecule has 1 N–H and O–H groups in total. The van der Waals surface area contributed by atoms with Crippen LogP contribution in [0.2, 0.25) is 0 Å². The number of carboxylic acid groups (broad SMARTS) is 1. The lowest BCUT2D eigenvalue weighted by atomic mass is 10.1. The van der Waals surface area contributed by atoms with Crippen LogP contribution >= 0.6 is 0 Å². The van der Waals surface area contributed by atoms with Crippen molar-refractivity contribution in [2.45, 2.75) is 25.3 Å². The van der Waals surface area contributed by atoms with Crippen molar-refractivity contribution in [1.29, 1.82) is 0 Å². The highest BCUT2D eigenvalue weighted by Gasteiger charge is 2.30. The molecule has 2 rings (SSSR count). The minimum absolute atomic E-state index is 0.0293. The monoisotopic (exact) mass is 276 g/mol. The number of nitrogens with zero attached hydrogens (tertiary/aromatic N) is 2. The topological polar surface area (TPSA) is 60.9 Å². The predicted octanol–water partition coefficient (Wildman–Crippen LogP) is 1.83. The quantitative estimate of drug-likeness (QED) is 0.911. The minimum atomic E-state index is -0.849. The van der Waals surface area contributed by atoms with Crippen LogP contribution in [0.5, 0.6) is 0 Å². The van der Waals surface area contributed by atoms with Gasteiger partial charge in [-0.3, -0.25) is 9.59 Å². The molecule has 0 bridgehead atoms. The first kappa shape index (κ1) is 14.4. The van der Waals surface area contributed by atoms with Crippen LogP contribution in [0.15, 0.2) is 24.3 Å². The van der Waals surface area contributed by atoms with Crippen LogP contribution in [0, 0.1) is 0 Å². The number of likely N-dealkylation sites (tertiary alicyclic amines) is 1. The van der Waals surface area contributed by atoms with Gasteiger partial charge in [0, 0.05) is 37.9 Å². The number of carbonyl (C=O) groups is 2. The van der Waals surface area contributed by atoms with Gasteiger partial charge in [0.05, 0.1) is 6.42 Å². The van der Waals surface area contributed by atoms with Crippen molar-refractivity contribution in [2.24, 2.45) is 0 Å². The number of hydrogen-bond donors (Lipinski definition) is 1.